The third kappa shape index (κ3) is 5.12. The summed E-state index contributed by atoms with van der Waals surface area (Å²) in [6, 6.07) is 11.6. The Morgan fingerprint density at radius 3 is 2.79 bits per heavy atom. The fourth-order valence-corrected chi connectivity index (χ4v) is 3.48. The van der Waals surface area contributed by atoms with Crippen molar-refractivity contribution in [3.8, 4) is 11.5 Å². The van der Waals surface area contributed by atoms with Gasteiger partial charge in [-0.15, -0.1) is 6.58 Å². The van der Waals surface area contributed by atoms with Crippen LogP contribution in [0.15, 0.2) is 60.2 Å². The van der Waals surface area contributed by atoms with Crippen LogP contribution in [0.1, 0.15) is 42.5 Å². The number of benzene rings is 1. The van der Waals surface area contributed by atoms with Crippen molar-refractivity contribution in [2.45, 2.75) is 44.6 Å². The molecule has 1 saturated carbocycles. The molecule has 3 rings (SSSR count). The van der Waals surface area contributed by atoms with Gasteiger partial charge in [0.2, 0.25) is 0 Å². The Bertz CT molecular complexity index is 879. The first-order chi connectivity index (χ1) is 13.7. The highest BCUT2D eigenvalue weighted by Crippen LogP contribution is 2.28. The fraction of sp³-hybridized carbons (Fsp3) is 0.391. The smallest absolute Gasteiger partial charge is 0.270 e. The van der Waals surface area contributed by atoms with Crippen LogP contribution in [0.25, 0.3) is 0 Å². The molecule has 1 aliphatic carbocycles. The van der Waals surface area contributed by atoms with Gasteiger partial charge >= 0.3 is 0 Å². The normalized spacial score (nSPS) is 15.2. The van der Waals surface area contributed by atoms with Gasteiger partial charge in [0.05, 0.1) is 13.2 Å². The van der Waals surface area contributed by atoms with E-state index in [0.717, 1.165) is 24.8 Å². The molecule has 0 atom stereocenters. The van der Waals surface area contributed by atoms with Gasteiger partial charge in [-0.05, 0) is 49.1 Å². The number of nitrogens with zero attached hydrogens (tertiary/aromatic N) is 2. The van der Waals surface area contributed by atoms with Gasteiger partial charge in [-0.3, -0.25) is 14.4 Å². The maximum absolute atomic E-state index is 12.8. The van der Waals surface area contributed by atoms with Crippen LogP contribution in [0.5, 0.6) is 11.5 Å². The molecular formula is C23H28N2O3. The number of aromatic nitrogens is 1. The van der Waals surface area contributed by atoms with Gasteiger partial charge in [-0.2, -0.15) is 0 Å². The molecule has 0 spiro atoms. The Labute approximate surface area is 166 Å². The summed E-state index contributed by atoms with van der Waals surface area (Å²) in [6.07, 6.45) is 10.2. The Balaban J connectivity index is 1.74. The van der Waals surface area contributed by atoms with Gasteiger partial charge in [0.25, 0.3) is 5.91 Å². The number of allylic oxidation sites excluding steroid dienone is 1. The topological polar surface area (TPSA) is 52.8 Å². The predicted molar refractivity (Wildman–Crippen MR) is 110 cm³/mol. The minimum atomic E-state index is -0.160. The second-order valence-corrected chi connectivity index (χ2v) is 7.01. The van der Waals surface area contributed by atoms with E-state index in [9.17, 15) is 4.79 Å². The second kappa shape index (κ2) is 9.93. The van der Waals surface area contributed by atoms with Gasteiger partial charge in [0, 0.05) is 6.20 Å². The molecule has 0 saturated heterocycles. The van der Waals surface area contributed by atoms with E-state index in [0.29, 0.717) is 23.0 Å². The number of hydrogen-bond acceptors (Lipinski definition) is 4. The number of carbonyl (C=O) groups excluding carboxylic acids is 1. The van der Waals surface area contributed by atoms with Crippen molar-refractivity contribution in [2.24, 2.45) is 4.99 Å². The zero-order valence-electron chi connectivity index (χ0n) is 16.5. The number of rotatable bonds is 7. The summed E-state index contributed by atoms with van der Waals surface area (Å²) in [5.41, 5.74) is 1.77. The maximum Gasteiger partial charge on any atom is 0.270 e. The molecule has 5 nitrogen and oxygen atoms in total. The van der Waals surface area contributed by atoms with Crippen molar-refractivity contribution in [3.05, 3.63) is 66.3 Å². The predicted octanol–water partition coefficient (Wildman–Crippen LogP) is 4.18. The average molecular weight is 380 g/mol. The van der Waals surface area contributed by atoms with E-state index in [1.807, 2.05) is 42.5 Å². The van der Waals surface area contributed by atoms with Crippen LogP contribution >= 0.6 is 0 Å². The second-order valence-electron chi connectivity index (χ2n) is 7.01. The monoisotopic (exact) mass is 380 g/mol. The molecule has 0 N–H and O–H groups in total. The lowest BCUT2D eigenvalue weighted by atomic mass is 9.96. The molecule has 0 unspecified atom stereocenters. The van der Waals surface area contributed by atoms with E-state index in [1.165, 1.54) is 19.3 Å². The first-order valence-electron chi connectivity index (χ1n) is 9.86. The number of carbonyl (C=O) groups is 1. The van der Waals surface area contributed by atoms with Crippen LogP contribution in [0, 0.1) is 0 Å². The molecule has 1 aliphatic rings. The molecule has 0 radical (unpaired) electrons. The minimum Gasteiger partial charge on any atom is -0.493 e. The van der Waals surface area contributed by atoms with Crippen LogP contribution in [0.4, 0.5) is 0 Å². The Kier molecular flexibility index (Phi) is 7.06. The molecule has 2 aromatic rings. The Morgan fingerprint density at radius 1 is 1.21 bits per heavy atom. The highest BCUT2D eigenvalue weighted by molar-refractivity contribution is 5.80. The molecule has 0 amide bonds. The summed E-state index contributed by atoms with van der Waals surface area (Å²) < 4.78 is 12.7. The first kappa shape index (κ1) is 19.9. The number of ether oxygens (including phenoxy) is 2. The Hall–Kier alpha value is -2.82. The molecule has 0 bridgehead atoms. The zero-order valence-corrected chi connectivity index (χ0v) is 16.5. The van der Waals surface area contributed by atoms with Gasteiger partial charge in [0.15, 0.2) is 18.1 Å². The summed E-state index contributed by atoms with van der Waals surface area (Å²) in [5.74, 6) is 0.996. The quantitative estimate of drug-likeness (QED) is 0.677. The zero-order chi connectivity index (χ0) is 19.8. The van der Waals surface area contributed by atoms with Gasteiger partial charge in [-0.1, -0.05) is 37.5 Å². The Morgan fingerprint density at radius 2 is 2.04 bits per heavy atom. The summed E-state index contributed by atoms with van der Waals surface area (Å²) in [7, 11) is 1.59. The van der Waals surface area contributed by atoms with Crippen molar-refractivity contribution < 1.29 is 14.3 Å². The molecule has 28 heavy (non-hydrogen) atoms. The van der Waals surface area contributed by atoms with Gasteiger partial charge in [0.1, 0.15) is 5.49 Å². The van der Waals surface area contributed by atoms with Crippen molar-refractivity contribution in [1.29, 1.82) is 0 Å². The molecule has 0 aliphatic heterocycles. The van der Waals surface area contributed by atoms with Crippen LogP contribution in [0.3, 0.4) is 0 Å². The maximum atomic E-state index is 12.8. The largest absolute Gasteiger partial charge is 0.493 e. The minimum absolute atomic E-state index is 0.0843. The van der Waals surface area contributed by atoms with Crippen LogP contribution in [0.2, 0.25) is 0 Å². The standard InChI is InChI=1S/C23H28N2O3/c1-3-9-18-13-14-20(21(16-18)27-2)28-17-23(26)25-15-8-7-12-22(25)24-19-10-5-4-6-11-19/h3,7-8,12-16,19H,1,4-6,9-11,17H2,2H3. The number of pyridine rings is 1. The molecule has 1 aromatic heterocycles. The molecule has 5 heteroatoms. The van der Waals surface area contributed by atoms with E-state index in [4.69, 9.17) is 14.5 Å². The fourth-order valence-electron chi connectivity index (χ4n) is 3.48. The SMILES string of the molecule is C=CCc1ccc(OCC(=O)n2ccccc2=NC2CCCCC2)c(OC)c1. The van der Waals surface area contributed by atoms with Crippen LogP contribution in [-0.2, 0) is 6.42 Å². The third-order valence-corrected chi connectivity index (χ3v) is 4.96. The van der Waals surface area contributed by atoms with E-state index in [1.54, 1.807) is 17.9 Å². The van der Waals surface area contributed by atoms with E-state index >= 15 is 0 Å². The van der Waals surface area contributed by atoms with Crippen LogP contribution < -0.4 is 15.0 Å². The first-order valence-corrected chi connectivity index (χ1v) is 9.86. The summed E-state index contributed by atoms with van der Waals surface area (Å²) >= 11 is 0. The van der Waals surface area contributed by atoms with Crippen molar-refractivity contribution in [3.63, 3.8) is 0 Å². The van der Waals surface area contributed by atoms with E-state index < -0.39 is 0 Å². The average Bonchev–Trinajstić information content (AvgIpc) is 2.74. The lowest BCUT2D eigenvalue weighted by Crippen LogP contribution is -2.32. The summed E-state index contributed by atoms with van der Waals surface area (Å²) in [6.45, 7) is 3.66. The van der Waals surface area contributed by atoms with E-state index in [2.05, 4.69) is 6.58 Å². The lowest BCUT2D eigenvalue weighted by Gasteiger charge is -2.18. The van der Waals surface area contributed by atoms with Crippen molar-refractivity contribution in [1.82, 2.24) is 4.57 Å². The molecule has 1 aromatic carbocycles. The highest BCUT2D eigenvalue weighted by Gasteiger charge is 2.14. The van der Waals surface area contributed by atoms with E-state index in [-0.39, 0.29) is 12.5 Å². The lowest BCUT2D eigenvalue weighted by molar-refractivity contribution is 0.0829. The number of hydrogen-bond donors (Lipinski definition) is 0. The van der Waals surface area contributed by atoms with Gasteiger partial charge in [-0.25, -0.2) is 0 Å². The molecule has 1 fully saturated rings. The highest BCUT2D eigenvalue weighted by atomic mass is 16.5. The summed E-state index contributed by atoms with van der Waals surface area (Å²) in [5, 5.41) is 0. The molecule has 148 valence electrons. The van der Waals surface area contributed by atoms with Crippen molar-refractivity contribution >= 4 is 5.91 Å². The summed E-state index contributed by atoms with van der Waals surface area (Å²) in [4.78, 5) is 17.6. The number of methoxy groups -OCH3 is 1. The third-order valence-electron chi connectivity index (χ3n) is 4.96. The van der Waals surface area contributed by atoms with Gasteiger partial charge < -0.3 is 9.47 Å². The molecular weight excluding hydrogens is 352 g/mol. The molecule has 1 heterocycles. The van der Waals surface area contributed by atoms with Crippen molar-refractivity contribution in [2.75, 3.05) is 13.7 Å². The van der Waals surface area contributed by atoms with Crippen LogP contribution in [-0.4, -0.2) is 30.2 Å².